The molecule has 10 rings (SSSR count). The Bertz CT molecular complexity index is 2740. The molecule has 0 amide bonds. The third-order valence-corrected chi connectivity index (χ3v) is 10.6. The molecule has 1 aliphatic carbocycles. The van der Waals surface area contributed by atoms with Gasteiger partial charge in [-0.25, -0.2) is 0 Å². The van der Waals surface area contributed by atoms with Crippen molar-refractivity contribution in [3.8, 4) is 22.3 Å². The average Bonchev–Trinajstić information content (AvgIpc) is 3.63. The molecule has 2 heteroatoms. The molecule has 49 heavy (non-hydrogen) atoms. The topological polar surface area (TPSA) is 16.4 Å². The molecule has 0 saturated carbocycles. The molecule has 0 fully saturated rings. The van der Waals surface area contributed by atoms with Gasteiger partial charge < -0.3 is 9.32 Å². The largest absolute Gasteiger partial charge is 0.456 e. The van der Waals surface area contributed by atoms with Crippen molar-refractivity contribution in [3.05, 3.63) is 175 Å². The van der Waals surface area contributed by atoms with Gasteiger partial charge in [0, 0.05) is 27.6 Å². The molecule has 232 valence electrons. The van der Waals surface area contributed by atoms with Gasteiger partial charge in [0.25, 0.3) is 0 Å². The molecule has 0 unspecified atom stereocenters. The molecule has 2 nitrogen and oxygen atoms in total. The van der Waals surface area contributed by atoms with Crippen LogP contribution in [0.3, 0.4) is 0 Å². The molecular formula is C47H33NO. The summed E-state index contributed by atoms with van der Waals surface area (Å²) in [7, 11) is 0. The van der Waals surface area contributed by atoms with E-state index in [2.05, 4.69) is 176 Å². The lowest BCUT2D eigenvalue weighted by Crippen LogP contribution is -2.15. The van der Waals surface area contributed by atoms with Crippen LogP contribution in [0.4, 0.5) is 17.1 Å². The summed E-state index contributed by atoms with van der Waals surface area (Å²) in [6.07, 6.45) is 0. The molecule has 1 heterocycles. The minimum absolute atomic E-state index is 0.0666. The summed E-state index contributed by atoms with van der Waals surface area (Å²) in [4.78, 5) is 2.45. The van der Waals surface area contributed by atoms with Gasteiger partial charge in [0.15, 0.2) is 0 Å². The molecule has 1 aliphatic rings. The fourth-order valence-corrected chi connectivity index (χ4v) is 8.28. The lowest BCUT2D eigenvalue weighted by molar-refractivity contribution is 0.660. The Balaban J connectivity index is 1.26. The van der Waals surface area contributed by atoms with Crippen LogP contribution in [-0.4, -0.2) is 0 Å². The molecule has 0 radical (unpaired) electrons. The highest BCUT2D eigenvalue weighted by Gasteiger charge is 2.36. The number of hydrogen-bond acceptors (Lipinski definition) is 2. The van der Waals surface area contributed by atoms with Crippen LogP contribution >= 0.6 is 0 Å². The van der Waals surface area contributed by atoms with Crippen LogP contribution in [-0.2, 0) is 5.41 Å². The predicted molar refractivity (Wildman–Crippen MR) is 206 cm³/mol. The Labute approximate surface area is 285 Å². The second kappa shape index (κ2) is 10.4. The summed E-state index contributed by atoms with van der Waals surface area (Å²) < 4.78 is 6.56. The van der Waals surface area contributed by atoms with Gasteiger partial charge in [-0.1, -0.05) is 141 Å². The first kappa shape index (κ1) is 27.9. The molecule has 0 saturated heterocycles. The van der Waals surface area contributed by atoms with E-state index in [4.69, 9.17) is 4.42 Å². The summed E-state index contributed by atoms with van der Waals surface area (Å²) in [5.74, 6) is 0. The Kier molecular flexibility index (Phi) is 5.95. The summed E-state index contributed by atoms with van der Waals surface area (Å²) in [6, 6.07) is 59.5. The number of para-hydroxylation sites is 1. The first-order valence-corrected chi connectivity index (χ1v) is 17.0. The van der Waals surface area contributed by atoms with Crippen molar-refractivity contribution in [1.29, 1.82) is 0 Å². The van der Waals surface area contributed by atoms with Gasteiger partial charge in [-0.2, -0.15) is 0 Å². The van der Waals surface area contributed by atoms with Crippen molar-refractivity contribution in [1.82, 2.24) is 0 Å². The molecule has 0 atom stereocenters. The molecule has 0 spiro atoms. The highest BCUT2D eigenvalue weighted by atomic mass is 16.3. The van der Waals surface area contributed by atoms with E-state index in [1.165, 1.54) is 49.5 Å². The number of anilines is 3. The van der Waals surface area contributed by atoms with Crippen molar-refractivity contribution in [2.45, 2.75) is 19.3 Å². The van der Waals surface area contributed by atoms with Crippen LogP contribution < -0.4 is 4.90 Å². The van der Waals surface area contributed by atoms with Gasteiger partial charge >= 0.3 is 0 Å². The Morgan fingerprint density at radius 3 is 1.94 bits per heavy atom. The summed E-state index contributed by atoms with van der Waals surface area (Å²) >= 11 is 0. The van der Waals surface area contributed by atoms with E-state index in [1.54, 1.807) is 0 Å². The lowest BCUT2D eigenvalue weighted by atomic mass is 9.82. The highest BCUT2D eigenvalue weighted by molar-refractivity contribution is 6.22. The fraction of sp³-hybridized carbons (Fsp3) is 0.0638. The quantitative estimate of drug-likeness (QED) is 0.193. The van der Waals surface area contributed by atoms with E-state index >= 15 is 0 Å². The monoisotopic (exact) mass is 627 g/mol. The van der Waals surface area contributed by atoms with Crippen LogP contribution in [0.1, 0.15) is 25.0 Å². The number of benzene rings is 8. The molecule has 0 N–H and O–H groups in total. The molecule has 9 aromatic rings. The second-order valence-electron chi connectivity index (χ2n) is 13.7. The highest BCUT2D eigenvalue weighted by Crippen LogP contribution is 2.52. The smallest absolute Gasteiger partial charge is 0.138 e. The number of hydrogen-bond donors (Lipinski definition) is 0. The van der Waals surface area contributed by atoms with Gasteiger partial charge in [-0.15, -0.1) is 0 Å². The zero-order chi connectivity index (χ0) is 32.7. The van der Waals surface area contributed by atoms with Crippen LogP contribution in [0.15, 0.2) is 168 Å². The number of nitrogens with zero attached hydrogens (tertiary/aromatic N) is 1. The number of fused-ring (bicyclic) bond motifs is 8. The second-order valence-corrected chi connectivity index (χ2v) is 13.7. The van der Waals surface area contributed by atoms with Crippen molar-refractivity contribution in [2.75, 3.05) is 4.90 Å². The fourth-order valence-electron chi connectivity index (χ4n) is 8.28. The summed E-state index contributed by atoms with van der Waals surface area (Å²) in [6.45, 7) is 4.68. The van der Waals surface area contributed by atoms with E-state index in [0.717, 1.165) is 44.4 Å². The maximum atomic E-state index is 6.56. The zero-order valence-electron chi connectivity index (χ0n) is 27.4. The van der Waals surface area contributed by atoms with Crippen molar-refractivity contribution in [2.24, 2.45) is 0 Å². The van der Waals surface area contributed by atoms with E-state index in [-0.39, 0.29) is 5.41 Å². The van der Waals surface area contributed by atoms with E-state index in [1.807, 2.05) is 6.07 Å². The maximum absolute atomic E-state index is 6.56. The minimum Gasteiger partial charge on any atom is -0.456 e. The zero-order valence-corrected chi connectivity index (χ0v) is 27.4. The maximum Gasteiger partial charge on any atom is 0.138 e. The van der Waals surface area contributed by atoms with E-state index in [9.17, 15) is 0 Å². The summed E-state index contributed by atoms with van der Waals surface area (Å²) in [5.41, 5.74) is 12.8. The van der Waals surface area contributed by atoms with E-state index in [0.29, 0.717) is 0 Å². The SMILES string of the molecule is CC1(C)c2ccccc2-c2cc(N(c3ccc(-c4cccc5ccccc45)cc3)c3c4ccccc4cc4oc5ccccc5c34)ccc21. The normalized spacial score (nSPS) is 13.3. The van der Waals surface area contributed by atoms with Gasteiger partial charge in [-0.05, 0) is 85.9 Å². The Morgan fingerprint density at radius 2 is 1.08 bits per heavy atom. The first-order chi connectivity index (χ1) is 24.1. The molecule has 0 bridgehead atoms. The Morgan fingerprint density at radius 1 is 0.449 bits per heavy atom. The molecule has 0 aliphatic heterocycles. The standard InChI is InChI=1S/C47H33NO/c1-47(2)41-20-9-7-17-38(41)40-29-34(26-27-42(40)47)48(33-24-22-31(23-25-33)36-19-11-14-30-12-3-5-15-35(30)36)46-37-16-6-4-13-32(37)28-44-45(46)39-18-8-10-21-43(39)49-44/h3-29H,1-2H3. The summed E-state index contributed by atoms with van der Waals surface area (Å²) in [5, 5.41) is 7.07. The molecule has 1 aromatic heterocycles. The van der Waals surface area contributed by atoms with Crippen LogP contribution in [0.25, 0.3) is 65.7 Å². The van der Waals surface area contributed by atoms with Crippen LogP contribution in [0.2, 0.25) is 0 Å². The average molecular weight is 628 g/mol. The lowest BCUT2D eigenvalue weighted by Gasteiger charge is -2.29. The first-order valence-electron chi connectivity index (χ1n) is 17.0. The third-order valence-electron chi connectivity index (χ3n) is 10.6. The van der Waals surface area contributed by atoms with Crippen molar-refractivity contribution >= 4 is 60.5 Å². The molecule has 8 aromatic carbocycles. The van der Waals surface area contributed by atoms with Gasteiger partial charge in [0.1, 0.15) is 11.2 Å². The minimum atomic E-state index is -0.0666. The number of rotatable bonds is 4. The van der Waals surface area contributed by atoms with Crippen molar-refractivity contribution < 1.29 is 4.42 Å². The van der Waals surface area contributed by atoms with Crippen molar-refractivity contribution in [3.63, 3.8) is 0 Å². The van der Waals surface area contributed by atoms with E-state index < -0.39 is 0 Å². The van der Waals surface area contributed by atoms with Crippen LogP contribution in [0.5, 0.6) is 0 Å². The van der Waals surface area contributed by atoms with Gasteiger partial charge in [-0.3, -0.25) is 0 Å². The van der Waals surface area contributed by atoms with Gasteiger partial charge in [0.2, 0.25) is 0 Å². The number of furan rings is 1. The van der Waals surface area contributed by atoms with Gasteiger partial charge in [0.05, 0.1) is 11.1 Å². The molecular weight excluding hydrogens is 595 g/mol. The Hall–Kier alpha value is -6.12. The predicted octanol–water partition coefficient (Wildman–Crippen LogP) is 13.3. The third kappa shape index (κ3) is 4.14. The van der Waals surface area contributed by atoms with Crippen LogP contribution in [0, 0.1) is 0 Å².